The van der Waals surface area contributed by atoms with Crippen molar-refractivity contribution in [2.75, 3.05) is 38.7 Å². The SMILES string of the molecule is CCOCC(=O)N1CC2(C1)[C@H](COCc1cccnc1)CCS2(=O)=O. The van der Waals surface area contributed by atoms with Gasteiger partial charge in [0, 0.05) is 38.0 Å². The first-order valence-electron chi connectivity index (χ1n) is 8.53. The summed E-state index contributed by atoms with van der Waals surface area (Å²) in [4.78, 5) is 17.6. The number of rotatable bonds is 7. The molecule has 3 heterocycles. The molecule has 8 heteroatoms. The monoisotopic (exact) mass is 368 g/mol. The summed E-state index contributed by atoms with van der Waals surface area (Å²) < 4.78 is 35.2. The average Bonchev–Trinajstić information content (AvgIpc) is 2.83. The van der Waals surface area contributed by atoms with Crippen LogP contribution in [0.25, 0.3) is 0 Å². The predicted molar refractivity (Wildman–Crippen MR) is 91.6 cm³/mol. The van der Waals surface area contributed by atoms with E-state index in [4.69, 9.17) is 9.47 Å². The first kappa shape index (κ1) is 18.3. The number of sulfone groups is 1. The highest BCUT2D eigenvalue weighted by molar-refractivity contribution is 7.93. The van der Waals surface area contributed by atoms with Crippen LogP contribution in [-0.2, 0) is 30.7 Å². The number of hydrogen-bond acceptors (Lipinski definition) is 6. The van der Waals surface area contributed by atoms with Crippen LogP contribution in [0.15, 0.2) is 24.5 Å². The van der Waals surface area contributed by atoms with Gasteiger partial charge in [0.2, 0.25) is 5.91 Å². The first-order chi connectivity index (χ1) is 12.0. The van der Waals surface area contributed by atoms with Crippen molar-refractivity contribution in [2.45, 2.75) is 24.7 Å². The van der Waals surface area contributed by atoms with E-state index in [-0.39, 0.29) is 37.3 Å². The summed E-state index contributed by atoms with van der Waals surface area (Å²) in [6.07, 6.45) is 4.02. The Hall–Kier alpha value is -1.51. The van der Waals surface area contributed by atoms with Crippen LogP contribution >= 0.6 is 0 Å². The summed E-state index contributed by atoms with van der Waals surface area (Å²) >= 11 is 0. The molecule has 1 aromatic rings. The second-order valence-electron chi connectivity index (χ2n) is 6.63. The van der Waals surface area contributed by atoms with Crippen molar-refractivity contribution in [3.8, 4) is 0 Å². The highest BCUT2D eigenvalue weighted by Crippen LogP contribution is 2.44. The van der Waals surface area contributed by atoms with Crippen LogP contribution in [0.4, 0.5) is 0 Å². The number of pyridine rings is 1. The van der Waals surface area contributed by atoms with Gasteiger partial charge in [-0.25, -0.2) is 8.42 Å². The molecule has 1 amide bonds. The number of hydrogen-bond donors (Lipinski definition) is 0. The summed E-state index contributed by atoms with van der Waals surface area (Å²) in [7, 11) is -3.21. The molecule has 0 unspecified atom stereocenters. The Kier molecular flexibility index (Phi) is 5.41. The van der Waals surface area contributed by atoms with Gasteiger partial charge in [-0.15, -0.1) is 0 Å². The molecule has 2 saturated heterocycles. The van der Waals surface area contributed by atoms with Crippen LogP contribution in [0.5, 0.6) is 0 Å². The highest BCUT2D eigenvalue weighted by atomic mass is 32.2. The van der Waals surface area contributed by atoms with Crippen molar-refractivity contribution < 1.29 is 22.7 Å². The lowest BCUT2D eigenvalue weighted by atomic mass is 9.83. The van der Waals surface area contributed by atoms with E-state index in [1.807, 2.05) is 19.1 Å². The fraction of sp³-hybridized carbons (Fsp3) is 0.647. The number of likely N-dealkylation sites (tertiary alicyclic amines) is 1. The number of ether oxygens (including phenoxy) is 2. The number of nitrogens with zero attached hydrogens (tertiary/aromatic N) is 2. The smallest absolute Gasteiger partial charge is 0.248 e. The Bertz CT molecular complexity index is 701. The van der Waals surface area contributed by atoms with E-state index >= 15 is 0 Å². The quantitative estimate of drug-likeness (QED) is 0.702. The van der Waals surface area contributed by atoms with E-state index in [0.29, 0.717) is 26.2 Å². The standard InChI is InChI=1S/C17H24N2O5S/c1-2-23-11-16(20)19-12-17(13-19)15(5-7-25(17,21)22)10-24-9-14-4-3-6-18-8-14/h3-4,6,8,15H,2,5,7,9-13H2,1H3/t15-/m0/s1. The van der Waals surface area contributed by atoms with Gasteiger partial charge in [-0.2, -0.15) is 0 Å². The van der Waals surface area contributed by atoms with Crippen LogP contribution < -0.4 is 0 Å². The molecule has 3 rings (SSSR count). The molecule has 0 bridgehead atoms. The minimum atomic E-state index is -3.21. The van der Waals surface area contributed by atoms with Crippen molar-refractivity contribution in [1.29, 1.82) is 0 Å². The fourth-order valence-electron chi connectivity index (χ4n) is 3.57. The molecule has 2 fully saturated rings. The Balaban J connectivity index is 1.58. The summed E-state index contributed by atoms with van der Waals surface area (Å²) in [6, 6.07) is 3.76. The van der Waals surface area contributed by atoms with Gasteiger partial charge < -0.3 is 14.4 Å². The second-order valence-corrected chi connectivity index (χ2v) is 9.08. The van der Waals surface area contributed by atoms with E-state index < -0.39 is 14.6 Å². The zero-order chi connectivity index (χ0) is 17.9. The van der Waals surface area contributed by atoms with Crippen molar-refractivity contribution in [3.05, 3.63) is 30.1 Å². The lowest BCUT2D eigenvalue weighted by Crippen LogP contribution is -2.69. The molecule has 7 nitrogen and oxygen atoms in total. The van der Waals surface area contributed by atoms with E-state index in [2.05, 4.69) is 4.98 Å². The maximum Gasteiger partial charge on any atom is 0.248 e. The summed E-state index contributed by atoms with van der Waals surface area (Å²) in [5.41, 5.74) is 0.958. The minimum Gasteiger partial charge on any atom is -0.376 e. The van der Waals surface area contributed by atoms with Crippen molar-refractivity contribution in [3.63, 3.8) is 0 Å². The van der Waals surface area contributed by atoms with E-state index in [1.54, 1.807) is 17.3 Å². The number of carbonyl (C=O) groups excluding carboxylic acids is 1. The molecule has 2 aliphatic heterocycles. The fourth-order valence-corrected chi connectivity index (χ4v) is 5.97. The van der Waals surface area contributed by atoms with Gasteiger partial charge in [0.15, 0.2) is 9.84 Å². The van der Waals surface area contributed by atoms with Crippen molar-refractivity contribution in [1.82, 2.24) is 9.88 Å². The lowest BCUT2D eigenvalue weighted by molar-refractivity contribution is -0.142. The Morgan fingerprint density at radius 1 is 1.40 bits per heavy atom. The molecule has 0 N–H and O–H groups in total. The molecule has 0 aromatic carbocycles. The minimum absolute atomic E-state index is 0.00873. The van der Waals surface area contributed by atoms with Gasteiger partial charge >= 0.3 is 0 Å². The summed E-state index contributed by atoms with van der Waals surface area (Å²) in [5, 5.41) is 0. The van der Waals surface area contributed by atoms with Crippen LogP contribution in [0, 0.1) is 5.92 Å². The molecule has 1 aromatic heterocycles. The number of amides is 1. The van der Waals surface area contributed by atoms with E-state index in [1.165, 1.54) is 0 Å². The van der Waals surface area contributed by atoms with Gasteiger partial charge in [0.05, 0.1) is 19.0 Å². The second kappa shape index (κ2) is 7.39. The molecule has 1 spiro atoms. The van der Waals surface area contributed by atoms with Gasteiger partial charge in [-0.1, -0.05) is 6.07 Å². The molecule has 138 valence electrons. The van der Waals surface area contributed by atoms with Crippen LogP contribution in [-0.4, -0.2) is 67.6 Å². The molecule has 0 radical (unpaired) electrons. The molecule has 25 heavy (non-hydrogen) atoms. The van der Waals surface area contributed by atoms with Gasteiger partial charge in [-0.3, -0.25) is 9.78 Å². The average molecular weight is 368 g/mol. The third kappa shape index (κ3) is 3.56. The zero-order valence-electron chi connectivity index (χ0n) is 14.4. The normalized spacial score (nSPS) is 23.6. The third-order valence-corrected chi connectivity index (χ3v) is 7.71. The molecule has 2 aliphatic rings. The van der Waals surface area contributed by atoms with Gasteiger partial charge in [0.25, 0.3) is 0 Å². The molecule has 0 aliphatic carbocycles. The Morgan fingerprint density at radius 2 is 2.20 bits per heavy atom. The Labute approximate surface area is 148 Å². The molecule has 1 atom stereocenters. The maximum atomic E-state index is 12.6. The van der Waals surface area contributed by atoms with Crippen LogP contribution in [0.3, 0.4) is 0 Å². The molecule has 0 saturated carbocycles. The predicted octanol–water partition coefficient (Wildman–Crippen LogP) is 0.650. The summed E-state index contributed by atoms with van der Waals surface area (Å²) in [5.74, 6) is -0.0589. The van der Waals surface area contributed by atoms with Crippen molar-refractivity contribution in [2.24, 2.45) is 5.92 Å². The maximum absolute atomic E-state index is 12.6. The number of aromatic nitrogens is 1. The van der Waals surface area contributed by atoms with Crippen LogP contribution in [0.2, 0.25) is 0 Å². The first-order valence-corrected chi connectivity index (χ1v) is 10.2. The van der Waals surface area contributed by atoms with Gasteiger partial charge in [-0.05, 0) is 25.0 Å². The highest BCUT2D eigenvalue weighted by Gasteiger charge is 2.62. The largest absolute Gasteiger partial charge is 0.376 e. The topological polar surface area (TPSA) is 85.8 Å². The van der Waals surface area contributed by atoms with E-state index in [0.717, 1.165) is 5.56 Å². The molecular weight excluding hydrogens is 344 g/mol. The third-order valence-electron chi connectivity index (χ3n) is 5.11. The van der Waals surface area contributed by atoms with Gasteiger partial charge in [0.1, 0.15) is 11.4 Å². The molecular formula is C17H24N2O5S. The Morgan fingerprint density at radius 3 is 2.88 bits per heavy atom. The van der Waals surface area contributed by atoms with Crippen molar-refractivity contribution >= 4 is 15.7 Å². The number of carbonyl (C=O) groups is 1. The summed E-state index contributed by atoms with van der Waals surface area (Å²) in [6.45, 7) is 3.59. The zero-order valence-corrected chi connectivity index (χ0v) is 15.2. The van der Waals surface area contributed by atoms with E-state index in [9.17, 15) is 13.2 Å². The lowest BCUT2D eigenvalue weighted by Gasteiger charge is -2.49. The van der Waals surface area contributed by atoms with Crippen LogP contribution in [0.1, 0.15) is 18.9 Å².